The van der Waals surface area contributed by atoms with E-state index in [9.17, 15) is 9.90 Å². The van der Waals surface area contributed by atoms with Crippen LogP contribution in [0, 0.1) is 5.41 Å². The molecule has 1 saturated carbocycles. The molecule has 2 aromatic rings. The van der Waals surface area contributed by atoms with Crippen LogP contribution in [-0.2, 0) is 4.79 Å². The van der Waals surface area contributed by atoms with Crippen molar-refractivity contribution in [3.8, 4) is 5.75 Å². The lowest BCUT2D eigenvalue weighted by Crippen LogP contribution is -2.30. The van der Waals surface area contributed by atoms with E-state index >= 15 is 0 Å². The lowest BCUT2D eigenvalue weighted by Gasteiger charge is -2.14. The van der Waals surface area contributed by atoms with E-state index in [0.29, 0.717) is 6.54 Å². The molecule has 0 aromatic heterocycles. The molecule has 0 unspecified atom stereocenters. The summed E-state index contributed by atoms with van der Waals surface area (Å²) >= 11 is 0. The zero-order valence-corrected chi connectivity index (χ0v) is 10.5. The van der Waals surface area contributed by atoms with E-state index in [2.05, 4.69) is 5.32 Å². The maximum atomic E-state index is 12.2. The predicted octanol–water partition coefficient (Wildman–Crippen LogP) is 2.22. The van der Waals surface area contributed by atoms with Crippen molar-refractivity contribution in [1.29, 1.82) is 0 Å². The molecule has 0 heterocycles. The molecule has 1 aliphatic carbocycles. The van der Waals surface area contributed by atoms with Gasteiger partial charge in [-0.15, -0.1) is 0 Å². The van der Waals surface area contributed by atoms with Crippen LogP contribution >= 0.6 is 0 Å². The fourth-order valence-corrected chi connectivity index (χ4v) is 2.33. The Morgan fingerprint density at radius 1 is 1.21 bits per heavy atom. The van der Waals surface area contributed by atoms with Gasteiger partial charge in [-0.25, -0.2) is 0 Å². The second-order valence-electron chi connectivity index (χ2n) is 5.12. The minimum absolute atomic E-state index is 0.0224. The highest BCUT2D eigenvalue weighted by Crippen LogP contribution is 2.45. The maximum absolute atomic E-state index is 12.2. The minimum Gasteiger partial charge on any atom is -0.507 e. The maximum Gasteiger partial charge on any atom is 0.231 e. The summed E-state index contributed by atoms with van der Waals surface area (Å²) in [6.45, 7) is 0.384. The van der Waals surface area contributed by atoms with Crippen LogP contribution in [0.4, 0.5) is 5.69 Å². The lowest BCUT2D eigenvalue weighted by molar-refractivity contribution is -0.120. The first-order valence-corrected chi connectivity index (χ1v) is 6.38. The Morgan fingerprint density at radius 3 is 2.58 bits per heavy atom. The van der Waals surface area contributed by atoms with Gasteiger partial charge >= 0.3 is 0 Å². The largest absolute Gasteiger partial charge is 0.507 e. The summed E-state index contributed by atoms with van der Waals surface area (Å²) in [5.41, 5.74) is 6.00. The van der Waals surface area contributed by atoms with E-state index in [4.69, 9.17) is 5.73 Å². The number of nitrogens with two attached hydrogens (primary N) is 1. The summed E-state index contributed by atoms with van der Waals surface area (Å²) in [7, 11) is 0. The van der Waals surface area contributed by atoms with Crippen molar-refractivity contribution in [2.24, 2.45) is 11.1 Å². The van der Waals surface area contributed by atoms with Gasteiger partial charge in [0, 0.05) is 23.0 Å². The average Bonchev–Trinajstić information content (AvgIpc) is 3.21. The molecule has 4 heteroatoms. The van der Waals surface area contributed by atoms with Crippen molar-refractivity contribution in [1.82, 2.24) is 0 Å². The number of benzene rings is 2. The molecule has 1 fully saturated rings. The molecule has 0 spiro atoms. The smallest absolute Gasteiger partial charge is 0.231 e. The van der Waals surface area contributed by atoms with Crippen molar-refractivity contribution in [3.63, 3.8) is 0 Å². The van der Waals surface area contributed by atoms with Crippen molar-refractivity contribution >= 4 is 22.4 Å². The van der Waals surface area contributed by atoms with Crippen molar-refractivity contribution in [2.75, 3.05) is 11.9 Å². The van der Waals surface area contributed by atoms with E-state index in [0.717, 1.165) is 29.3 Å². The number of phenolic OH excluding ortho intramolecular Hbond substituents is 1. The van der Waals surface area contributed by atoms with Gasteiger partial charge in [-0.1, -0.05) is 24.3 Å². The number of carbonyl (C=O) groups is 1. The Labute approximate surface area is 111 Å². The Bertz CT molecular complexity index is 648. The molecular weight excluding hydrogens is 240 g/mol. The number of carbonyl (C=O) groups excluding carboxylic acids is 1. The van der Waals surface area contributed by atoms with E-state index in [1.54, 1.807) is 12.1 Å². The first kappa shape index (κ1) is 12.0. The number of hydrogen-bond donors (Lipinski definition) is 3. The molecule has 4 N–H and O–H groups in total. The molecule has 0 aliphatic heterocycles. The highest BCUT2D eigenvalue weighted by Gasteiger charge is 2.48. The van der Waals surface area contributed by atoms with Crippen LogP contribution in [0.3, 0.4) is 0 Å². The zero-order chi connectivity index (χ0) is 13.5. The van der Waals surface area contributed by atoms with Gasteiger partial charge in [0.05, 0.1) is 5.41 Å². The molecule has 0 radical (unpaired) electrons. The van der Waals surface area contributed by atoms with Gasteiger partial charge in [0.1, 0.15) is 5.75 Å². The van der Waals surface area contributed by atoms with Gasteiger partial charge in [0.2, 0.25) is 5.91 Å². The van der Waals surface area contributed by atoms with Gasteiger partial charge < -0.3 is 16.2 Å². The third-order valence-corrected chi connectivity index (χ3v) is 3.87. The van der Waals surface area contributed by atoms with E-state index < -0.39 is 0 Å². The molecule has 0 atom stereocenters. The van der Waals surface area contributed by atoms with Crippen LogP contribution in [0.15, 0.2) is 36.4 Å². The van der Waals surface area contributed by atoms with Crippen LogP contribution in [-0.4, -0.2) is 17.6 Å². The standard InChI is InChI=1S/C15H16N2O2/c16-9-15(7-8-15)14(19)17-12-5-1-4-11-10(12)3-2-6-13(11)18/h1-6,18H,7-9,16H2,(H,17,19). The lowest BCUT2D eigenvalue weighted by atomic mass is 10.0. The highest BCUT2D eigenvalue weighted by atomic mass is 16.3. The fraction of sp³-hybridized carbons (Fsp3) is 0.267. The van der Waals surface area contributed by atoms with Crippen LogP contribution in [0.2, 0.25) is 0 Å². The molecule has 19 heavy (non-hydrogen) atoms. The quantitative estimate of drug-likeness (QED) is 0.788. The first-order valence-electron chi connectivity index (χ1n) is 6.38. The number of amides is 1. The Hall–Kier alpha value is -2.07. The molecule has 0 saturated heterocycles. The van der Waals surface area contributed by atoms with Crippen molar-refractivity contribution < 1.29 is 9.90 Å². The number of rotatable bonds is 3. The topological polar surface area (TPSA) is 75.4 Å². The zero-order valence-electron chi connectivity index (χ0n) is 10.5. The number of phenols is 1. The molecule has 1 amide bonds. The van der Waals surface area contributed by atoms with E-state index in [1.165, 1.54) is 0 Å². The summed E-state index contributed by atoms with van der Waals surface area (Å²) < 4.78 is 0. The second-order valence-corrected chi connectivity index (χ2v) is 5.12. The number of fused-ring (bicyclic) bond motifs is 1. The fourth-order valence-electron chi connectivity index (χ4n) is 2.33. The molecule has 1 aliphatic rings. The Balaban J connectivity index is 1.98. The second kappa shape index (κ2) is 4.24. The van der Waals surface area contributed by atoms with E-state index in [1.807, 2.05) is 24.3 Å². The Morgan fingerprint density at radius 2 is 1.89 bits per heavy atom. The van der Waals surface area contributed by atoms with Gasteiger partial charge in [-0.05, 0) is 25.0 Å². The minimum atomic E-state index is -0.376. The third-order valence-electron chi connectivity index (χ3n) is 3.87. The normalized spacial score (nSPS) is 16.3. The van der Waals surface area contributed by atoms with Crippen molar-refractivity contribution in [3.05, 3.63) is 36.4 Å². The summed E-state index contributed by atoms with van der Waals surface area (Å²) in [4.78, 5) is 12.2. The Kier molecular flexibility index (Phi) is 2.68. The van der Waals surface area contributed by atoms with Crippen molar-refractivity contribution in [2.45, 2.75) is 12.8 Å². The van der Waals surface area contributed by atoms with Gasteiger partial charge in [-0.2, -0.15) is 0 Å². The summed E-state index contributed by atoms with van der Waals surface area (Å²) in [6.07, 6.45) is 1.71. The van der Waals surface area contributed by atoms with Gasteiger partial charge in [0.25, 0.3) is 0 Å². The SMILES string of the molecule is NCC1(C(=O)Nc2cccc3c(O)cccc23)CC1. The predicted molar refractivity (Wildman–Crippen MR) is 75.0 cm³/mol. The summed E-state index contributed by atoms with van der Waals surface area (Å²) in [5, 5.41) is 14.3. The van der Waals surface area contributed by atoms with Crippen LogP contribution < -0.4 is 11.1 Å². The molecule has 4 nitrogen and oxygen atoms in total. The van der Waals surface area contributed by atoms with Crippen LogP contribution in [0.25, 0.3) is 10.8 Å². The van der Waals surface area contributed by atoms with Gasteiger partial charge in [0.15, 0.2) is 0 Å². The van der Waals surface area contributed by atoms with Gasteiger partial charge in [-0.3, -0.25) is 4.79 Å². The number of nitrogens with one attached hydrogen (secondary N) is 1. The average molecular weight is 256 g/mol. The summed E-state index contributed by atoms with van der Waals surface area (Å²) in [5.74, 6) is 0.194. The first-order chi connectivity index (χ1) is 9.16. The molecular formula is C15H16N2O2. The number of hydrogen-bond acceptors (Lipinski definition) is 3. The number of aromatic hydroxyl groups is 1. The van der Waals surface area contributed by atoms with Crippen LogP contribution in [0.5, 0.6) is 5.75 Å². The monoisotopic (exact) mass is 256 g/mol. The van der Waals surface area contributed by atoms with E-state index in [-0.39, 0.29) is 17.1 Å². The number of anilines is 1. The summed E-state index contributed by atoms with van der Waals surface area (Å²) in [6, 6.07) is 10.8. The molecule has 2 aromatic carbocycles. The highest BCUT2D eigenvalue weighted by molar-refractivity contribution is 6.06. The molecule has 3 rings (SSSR count). The molecule has 0 bridgehead atoms. The molecule has 98 valence electrons. The third kappa shape index (κ3) is 1.94. The van der Waals surface area contributed by atoms with Crippen LogP contribution in [0.1, 0.15) is 12.8 Å².